The van der Waals surface area contributed by atoms with E-state index in [-0.39, 0.29) is 5.75 Å². The van der Waals surface area contributed by atoms with Crippen molar-refractivity contribution in [3.63, 3.8) is 0 Å². The number of hydrogen-bond donors (Lipinski definition) is 1. The van der Waals surface area contributed by atoms with Gasteiger partial charge in [0.25, 0.3) is 0 Å². The molecule has 0 saturated carbocycles. The fourth-order valence-corrected chi connectivity index (χ4v) is 5.34. The van der Waals surface area contributed by atoms with E-state index in [1.165, 1.54) is 22.3 Å². The highest BCUT2D eigenvalue weighted by molar-refractivity contribution is 5.71. The Morgan fingerprint density at radius 1 is 0.533 bits per heavy atom. The van der Waals surface area contributed by atoms with E-state index in [0.29, 0.717) is 19.6 Å². The summed E-state index contributed by atoms with van der Waals surface area (Å²) in [5, 5.41) is 9.71. The molecule has 224 valence electrons. The van der Waals surface area contributed by atoms with Gasteiger partial charge in [0, 0.05) is 39.1 Å². The molecule has 5 aromatic rings. The Morgan fingerprint density at radius 3 is 1.73 bits per heavy atom. The maximum Gasteiger partial charge on any atom is 0.115 e. The van der Waals surface area contributed by atoms with Crippen LogP contribution in [0.1, 0.15) is 16.7 Å². The van der Waals surface area contributed by atoms with Crippen LogP contribution in [0.25, 0.3) is 33.4 Å². The van der Waals surface area contributed by atoms with Crippen LogP contribution in [-0.4, -0.2) is 34.6 Å². The number of nitrogens with zero attached hydrogens (tertiary/aromatic N) is 4. The van der Waals surface area contributed by atoms with E-state index in [0.717, 1.165) is 27.8 Å². The van der Waals surface area contributed by atoms with Crippen molar-refractivity contribution in [1.29, 1.82) is 0 Å². The Bertz CT molecular complexity index is 1770. The lowest BCUT2D eigenvalue weighted by Crippen LogP contribution is -2.21. The van der Waals surface area contributed by atoms with Gasteiger partial charge < -0.3 is 14.9 Å². The maximum atomic E-state index is 9.71. The van der Waals surface area contributed by atoms with Crippen LogP contribution in [0.3, 0.4) is 0 Å². The molecule has 0 aliphatic heterocycles. The van der Waals surface area contributed by atoms with Crippen molar-refractivity contribution < 1.29 is 5.11 Å². The van der Waals surface area contributed by atoms with E-state index in [2.05, 4.69) is 124 Å². The number of phenolic OH excluding ortho intramolecular Hbond substituents is 1. The molecule has 0 saturated heterocycles. The Kier molecular flexibility index (Phi) is 10.4. The zero-order chi connectivity index (χ0) is 31.4. The molecule has 5 aromatic carbocycles. The summed E-state index contributed by atoms with van der Waals surface area (Å²) in [5.74, 6) is 0.259. The van der Waals surface area contributed by atoms with Gasteiger partial charge in [-0.05, 0) is 80.4 Å². The Morgan fingerprint density at radius 2 is 1.04 bits per heavy atom. The largest absolute Gasteiger partial charge is 0.508 e. The summed E-state index contributed by atoms with van der Waals surface area (Å²) in [7, 11) is 2.01. The normalized spacial score (nSPS) is 11.1. The molecular formula is C40H38N4O. The van der Waals surface area contributed by atoms with Gasteiger partial charge in [-0.15, -0.1) is 0 Å². The minimum atomic E-state index is 0.259. The third kappa shape index (κ3) is 8.68. The second-order valence-electron chi connectivity index (χ2n) is 10.9. The molecule has 1 N–H and O–H groups in total. The van der Waals surface area contributed by atoms with Crippen LogP contribution in [0, 0.1) is 0 Å². The van der Waals surface area contributed by atoms with Crippen LogP contribution in [0.5, 0.6) is 5.75 Å². The van der Waals surface area contributed by atoms with Gasteiger partial charge in [-0.1, -0.05) is 104 Å². The minimum absolute atomic E-state index is 0.259. The standard InChI is InChI=1S/C40H38N4O/c1-4-41-29-43(3)26-32-22-33(25-39(24-32)37-16-14-35(15-17-37)34-11-7-6-8-12-34)28-44(30-42-5-2)27-31-10-9-13-38(23-31)36-18-20-40(45)21-19-36/h4-25,29-30,45H,1-2,26-28H2,3H3. The first-order valence-electron chi connectivity index (χ1n) is 14.9. The smallest absolute Gasteiger partial charge is 0.115 e. The first kappa shape index (κ1) is 30.8. The monoisotopic (exact) mass is 590 g/mol. The number of aromatic hydroxyl groups is 1. The molecule has 5 nitrogen and oxygen atoms in total. The highest BCUT2D eigenvalue weighted by Gasteiger charge is 2.11. The number of hydrogen-bond acceptors (Lipinski definition) is 3. The third-order valence-corrected chi connectivity index (χ3v) is 7.41. The molecule has 0 spiro atoms. The summed E-state index contributed by atoms with van der Waals surface area (Å²) in [6.45, 7) is 9.52. The number of aliphatic imine (C=N–C) groups is 2. The first-order valence-corrected chi connectivity index (χ1v) is 14.9. The van der Waals surface area contributed by atoms with Crippen LogP contribution in [-0.2, 0) is 19.6 Å². The third-order valence-electron chi connectivity index (χ3n) is 7.41. The van der Waals surface area contributed by atoms with Crippen LogP contribution in [0.4, 0.5) is 0 Å². The van der Waals surface area contributed by atoms with Crippen molar-refractivity contribution in [2.45, 2.75) is 19.6 Å². The highest BCUT2D eigenvalue weighted by Crippen LogP contribution is 2.28. The molecular weight excluding hydrogens is 552 g/mol. The molecule has 0 amide bonds. The topological polar surface area (TPSA) is 51.4 Å². The quantitative estimate of drug-likeness (QED) is 0.110. The Balaban J connectivity index is 1.44. The van der Waals surface area contributed by atoms with Crippen LogP contribution >= 0.6 is 0 Å². The lowest BCUT2D eigenvalue weighted by atomic mass is 9.97. The molecule has 0 fully saturated rings. The summed E-state index contributed by atoms with van der Waals surface area (Å²) >= 11 is 0. The van der Waals surface area contributed by atoms with Crippen LogP contribution in [0.2, 0.25) is 0 Å². The van der Waals surface area contributed by atoms with Crippen LogP contribution < -0.4 is 0 Å². The van der Waals surface area contributed by atoms with Gasteiger partial charge in [-0.25, -0.2) is 9.98 Å². The van der Waals surface area contributed by atoms with Crippen molar-refractivity contribution in [1.82, 2.24) is 9.80 Å². The van der Waals surface area contributed by atoms with Gasteiger partial charge in [0.1, 0.15) is 5.75 Å². The minimum Gasteiger partial charge on any atom is -0.508 e. The van der Waals surface area contributed by atoms with Gasteiger partial charge >= 0.3 is 0 Å². The summed E-state index contributed by atoms with van der Waals surface area (Å²) < 4.78 is 0. The summed E-state index contributed by atoms with van der Waals surface area (Å²) in [6, 6.07) is 41.7. The van der Waals surface area contributed by atoms with E-state index >= 15 is 0 Å². The van der Waals surface area contributed by atoms with Crippen molar-refractivity contribution in [3.8, 4) is 39.1 Å². The number of phenols is 1. The molecule has 0 aromatic heterocycles. The lowest BCUT2D eigenvalue weighted by Gasteiger charge is -2.22. The molecule has 5 heteroatoms. The van der Waals surface area contributed by atoms with Crippen molar-refractivity contribution in [2.24, 2.45) is 9.98 Å². The second-order valence-corrected chi connectivity index (χ2v) is 10.9. The van der Waals surface area contributed by atoms with Crippen molar-refractivity contribution in [2.75, 3.05) is 7.05 Å². The van der Waals surface area contributed by atoms with E-state index in [9.17, 15) is 5.11 Å². The zero-order valence-electron chi connectivity index (χ0n) is 25.6. The highest BCUT2D eigenvalue weighted by atomic mass is 16.3. The van der Waals surface area contributed by atoms with Gasteiger partial charge in [-0.2, -0.15) is 0 Å². The van der Waals surface area contributed by atoms with Gasteiger partial charge in [0.2, 0.25) is 0 Å². The van der Waals surface area contributed by atoms with Gasteiger partial charge in [0.05, 0.1) is 12.7 Å². The molecule has 45 heavy (non-hydrogen) atoms. The molecule has 0 aliphatic rings. The maximum absolute atomic E-state index is 9.71. The average Bonchev–Trinajstić information content (AvgIpc) is 3.07. The van der Waals surface area contributed by atoms with Crippen molar-refractivity contribution >= 4 is 12.7 Å². The van der Waals surface area contributed by atoms with E-state index in [1.807, 2.05) is 31.6 Å². The molecule has 0 heterocycles. The molecule has 0 aliphatic carbocycles. The fourth-order valence-electron chi connectivity index (χ4n) is 5.34. The molecule has 0 atom stereocenters. The summed E-state index contributed by atoms with van der Waals surface area (Å²) in [5.41, 5.74) is 10.4. The Labute approximate surface area is 266 Å². The molecule has 5 rings (SSSR count). The average molecular weight is 591 g/mol. The summed E-state index contributed by atoms with van der Waals surface area (Å²) in [4.78, 5) is 12.8. The lowest BCUT2D eigenvalue weighted by molar-refractivity contribution is 0.418. The van der Waals surface area contributed by atoms with E-state index in [1.54, 1.807) is 30.9 Å². The van der Waals surface area contributed by atoms with Gasteiger partial charge in [0.15, 0.2) is 0 Å². The molecule has 0 bridgehead atoms. The van der Waals surface area contributed by atoms with Gasteiger partial charge in [-0.3, -0.25) is 0 Å². The number of benzene rings is 5. The predicted octanol–water partition coefficient (Wildman–Crippen LogP) is 9.17. The van der Waals surface area contributed by atoms with E-state index in [4.69, 9.17) is 0 Å². The van der Waals surface area contributed by atoms with Crippen LogP contribution in [0.15, 0.2) is 157 Å². The van der Waals surface area contributed by atoms with E-state index < -0.39 is 0 Å². The summed E-state index contributed by atoms with van der Waals surface area (Å²) in [6.07, 6.45) is 6.74. The SMILES string of the molecule is C=CN=CN(C)Cc1cc(CN(C=NC=C)Cc2cccc(-c3ccc(O)cc3)c2)cc(-c2ccc(-c3ccccc3)cc2)c1. The zero-order valence-corrected chi connectivity index (χ0v) is 25.6. The predicted molar refractivity (Wildman–Crippen MR) is 189 cm³/mol. The Hall–Kier alpha value is -5.68. The first-order chi connectivity index (χ1) is 22.0. The van der Waals surface area contributed by atoms with Crippen molar-refractivity contribution in [3.05, 3.63) is 164 Å². The molecule has 0 unspecified atom stereocenters. The molecule has 0 radical (unpaired) electrons. The fraction of sp³-hybridized carbons (Fsp3) is 0.100. The second kappa shape index (κ2) is 15.2. The number of rotatable bonds is 13.